The number of ether oxygens (including phenoxy) is 1. The van der Waals surface area contributed by atoms with Gasteiger partial charge in [0.1, 0.15) is 28.2 Å². The van der Waals surface area contributed by atoms with Crippen molar-refractivity contribution in [2.45, 2.75) is 95.1 Å². The topological polar surface area (TPSA) is 159 Å². The highest BCUT2D eigenvalue weighted by molar-refractivity contribution is 7.91. The Bertz CT molecular complexity index is 2150. The number of urea groups is 1. The van der Waals surface area contributed by atoms with E-state index in [2.05, 4.69) is 15.6 Å². The third-order valence-electron chi connectivity index (χ3n) is 11.5. The van der Waals surface area contributed by atoms with Crippen LogP contribution < -0.4 is 9.46 Å². The van der Waals surface area contributed by atoms with Crippen LogP contribution in [-0.4, -0.2) is 88.0 Å². The number of allylic oxidation sites excluding steroid dienone is 2. The number of terminal acetylenes is 1. The molecule has 2 saturated carbocycles. The van der Waals surface area contributed by atoms with Crippen molar-refractivity contribution in [1.29, 1.82) is 0 Å². The number of sulfonamides is 1. The molecule has 7 rings (SSSR count). The Kier molecular flexibility index (Phi) is 9.88. The molecule has 3 fully saturated rings. The maximum Gasteiger partial charge on any atom is 0.320 e. The van der Waals surface area contributed by atoms with Gasteiger partial charge < -0.3 is 19.6 Å². The average molecular weight is 760 g/mol. The second kappa shape index (κ2) is 14.2. The van der Waals surface area contributed by atoms with Gasteiger partial charge in [0.05, 0.1) is 28.3 Å². The number of ketones is 1. The SMILES string of the molecule is C#Cc1csc(-c2cc(O[C@H]3CCN4C(=O)N(C)CCCC/C=C\[C@@H]5C[C@@]5(C(=O)NS(=O)(=O)C5(C)CC5)CC(=O)[C@@H]4C3)c3ccc(CO)c(C)c3n2)n1. The number of aliphatic hydroxyl groups excluding tert-OH is 1. The second-order valence-electron chi connectivity index (χ2n) is 15.2. The minimum Gasteiger partial charge on any atom is -0.489 e. The first-order chi connectivity index (χ1) is 25.3. The Labute approximate surface area is 314 Å². The van der Waals surface area contributed by atoms with Crippen LogP contribution in [0.15, 0.2) is 35.7 Å². The highest BCUT2D eigenvalue weighted by atomic mass is 32.2. The van der Waals surface area contributed by atoms with Crippen molar-refractivity contribution < 1.29 is 32.6 Å². The molecule has 53 heavy (non-hydrogen) atoms. The average Bonchev–Trinajstić information content (AvgIpc) is 4.01. The number of aromatic nitrogens is 2. The molecule has 3 amide bonds. The zero-order chi connectivity index (χ0) is 37.7. The first-order valence-corrected chi connectivity index (χ1v) is 20.6. The van der Waals surface area contributed by atoms with Crippen molar-refractivity contribution in [3.63, 3.8) is 0 Å². The van der Waals surface area contributed by atoms with E-state index in [4.69, 9.17) is 16.1 Å². The van der Waals surface area contributed by atoms with Crippen LogP contribution in [-0.2, 0) is 26.2 Å². The number of benzene rings is 1. The summed E-state index contributed by atoms with van der Waals surface area (Å²) < 4.78 is 34.4. The third kappa shape index (κ3) is 7.06. The van der Waals surface area contributed by atoms with Gasteiger partial charge in [0.15, 0.2) is 5.78 Å². The summed E-state index contributed by atoms with van der Waals surface area (Å²) in [5.74, 6) is 1.84. The number of rotatable bonds is 7. The van der Waals surface area contributed by atoms with Gasteiger partial charge in [-0.1, -0.05) is 18.2 Å². The summed E-state index contributed by atoms with van der Waals surface area (Å²) in [5.41, 5.74) is 1.99. The molecule has 0 unspecified atom stereocenters. The van der Waals surface area contributed by atoms with Crippen LogP contribution in [0.2, 0.25) is 0 Å². The largest absolute Gasteiger partial charge is 0.489 e. The van der Waals surface area contributed by atoms with Crippen LogP contribution >= 0.6 is 11.3 Å². The predicted octanol–water partition coefficient (Wildman–Crippen LogP) is 5.11. The first kappa shape index (κ1) is 37.0. The van der Waals surface area contributed by atoms with Crippen LogP contribution in [0.5, 0.6) is 5.75 Å². The molecule has 1 saturated heterocycles. The quantitative estimate of drug-likeness (QED) is 0.247. The number of fused-ring (bicyclic) bond motifs is 3. The lowest BCUT2D eigenvalue weighted by Crippen LogP contribution is -2.56. The molecule has 1 aromatic carbocycles. The van der Waals surface area contributed by atoms with Crippen molar-refractivity contribution in [3.05, 3.63) is 52.6 Å². The minimum atomic E-state index is -3.92. The molecule has 2 aliphatic carbocycles. The number of amides is 3. The van der Waals surface area contributed by atoms with E-state index in [9.17, 15) is 27.9 Å². The molecule has 3 aromatic rings. The molecule has 12 nitrogen and oxygen atoms in total. The number of nitrogens with zero attached hydrogens (tertiary/aromatic N) is 4. The van der Waals surface area contributed by atoms with Gasteiger partial charge >= 0.3 is 6.03 Å². The molecule has 4 heterocycles. The summed E-state index contributed by atoms with van der Waals surface area (Å²) >= 11 is 1.36. The number of thiazole rings is 1. The van der Waals surface area contributed by atoms with Crippen molar-refractivity contribution in [3.8, 4) is 28.8 Å². The van der Waals surface area contributed by atoms with E-state index in [1.807, 2.05) is 31.2 Å². The number of hydrogen-bond acceptors (Lipinski definition) is 10. The molecule has 2 aromatic heterocycles. The molecule has 0 bridgehead atoms. The highest BCUT2D eigenvalue weighted by Crippen LogP contribution is 2.57. The van der Waals surface area contributed by atoms with Gasteiger partial charge in [-0.25, -0.2) is 23.2 Å². The van der Waals surface area contributed by atoms with Crippen molar-refractivity contribution in [2.24, 2.45) is 11.3 Å². The molecule has 2 aliphatic heterocycles. The molecule has 2 N–H and O–H groups in total. The summed E-state index contributed by atoms with van der Waals surface area (Å²) in [4.78, 5) is 54.9. The van der Waals surface area contributed by atoms with E-state index < -0.39 is 38.2 Å². The van der Waals surface area contributed by atoms with Crippen LogP contribution in [0.3, 0.4) is 0 Å². The summed E-state index contributed by atoms with van der Waals surface area (Å²) in [7, 11) is -2.18. The number of carbonyl (C=O) groups excluding carboxylic acids is 3. The number of hydrogen-bond donors (Lipinski definition) is 2. The Morgan fingerprint density at radius 3 is 2.72 bits per heavy atom. The van der Waals surface area contributed by atoms with E-state index in [-0.39, 0.29) is 43.7 Å². The summed E-state index contributed by atoms with van der Waals surface area (Å²) in [6, 6.07) is 4.34. The maximum atomic E-state index is 14.5. The van der Waals surface area contributed by atoms with Crippen molar-refractivity contribution in [2.75, 3.05) is 20.1 Å². The van der Waals surface area contributed by atoms with Gasteiger partial charge in [0.25, 0.3) is 0 Å². The molecule has 280 valence electrons. The van der Waals surface area contributed by atoms with E-state index in [0.717, 1.165) is 35.8 Å². The predicted molar refractivity (Wildman–Crippen MR) is 201 cm³/mol. The Hall–Kier alpha value is -4.32. The lowest BCUT2D eigenvalue weighted by atomic mass is 9.87. The summed E-state index contributed by atoms with van der Waals surface area (Å²) in [6.45, 7) is 4.14. The molecule has 4 atom stereocenters. The van der Waals surface area contributed by atoms with Gasteiger partial charge in [-0.3, -0.25) is 14.3 Å². The van der Waals surface area contributed by atoms with Gasteiger partial charge in [-0.15, -0.1) is 17.8 Å². The van der Waals surface area contributed by atoms with E-state index >= 15 is 0 Å². The normalized spacial score (nSPS) is 26.5. The fourth-order valence-corrected chi connectivity index (χ4v) is 9.62. The number of piperidine rings is 1. The minimum absolute atomic E-state index is 0.158. The van der Waals surface area contributed by atoms with Crippen LogP contribution in [0.1, 0.15) is 81.5 Å². The lowest BCUT2D eigenvalue weighted by Gasteiger charge is -2.41. The first-order valence-electron chi connectivity index (χ1n) is 18.2. The van der Waals surface area contributed by atoms with Crippen LogP contribution in [0.4, 0.5) is 4.79 Å². The van der Waals surface area contributed by atoms with Crippen LogP contribution in [0.25, 0.3) is 21.6 Å². The highest BCUT2D eigenvalue weighted by Gasteiger charge is 2.62. The molecule has 14 heteroatoms. The van der Waals surface area contributed by atoms with Gasteiger partial charge in [0, 0.05) is 56.2 Å². The molecular formula is C39H45N5O7S2. The van der Waals surface area contributed by atoms with Gasteiger partial charge in [0.2, 0.25) is 15.9 Å². The van der Waals surface area contributed by atoms with Gasteiger partial charge in [-0.05, 0) is 81.4 Å². The second-order valence-corrected chi connectivity index (χ2v) is 18.2. The number of aliphatic hydroxyl groups is 1. The number of Topliss-reactive ketones (excluding diaryl/α,β-unsaturated/α-hetero) is 1. The van der Waals surface area contributed by atoms with E-state index in [1.54, 1.807) is 35.2 Å². The summed E-state index contributed by atoms with van der Waals surface area (Å²) in [6.07, 6.45) is 13.2. The zero-order valence-electron chi connectivity index (χ0n) is 30.3. The monoisotopic (exact) mass is 759 g/mol. The van der Waals surface area contributed by atoms with Crippen molar-refractivity contribution >= 4 is 50.0 Å². The van der Waals surface area contributed by atoms with Gasteiger partial charge in [-0.2, -0.15) is 0 Å². The van der Waals surface area contributed by atoms with E-state index in [0.29, 0.717) is 59.9 Å². The number of pyridine rings is 1. The smallest absolute Gasteiger partial charge is 0.320 e. The van der Waals surface area contributed by atoms with Crippen LogP contribution in [0, 0.1) is 30.6 Å². The van der Waals surface area contributed by atoms with Crippen molar-refractivity contribution in [1.82, 2.24) is 24.5 Å². The number of carbonyl (C=O) groups is 3. The number of aryl methyl sites for hydroxylation is 1. The molecule has 4 aliphatic rings. The standard InChI is InChI=1S/C39H45N5O7S2/c1-5-27-23-52-35(40-27)30-19-33(29-12-11-25(22-45)24(2)34(29)41-30)51-28-13-17-44-31(18-28)32(46)21-39(36(47)42-53(49,50)38(3)14-15-38)20-26(39)10-8-6-7-9-16-43(4)37(44)48/h1,8,10-12,19,23,26,28,31,45H,6-7,9,13-18,20-22H2,2-4H3,(H,42,47)/b10-8-/t26-,28+,31+,39-/m1/s1. The Morgan fingerprint density at radius 2 is 2.00 bits per heavy atom. The number of nitrogens with one attached hydrogen (secondary N) is 1. The Morgan fingerprint density at radius 1 is 1.21 bits per heavy atom. The fraction of sp³-hybridized carbons (Fsp3) is 0.513. The molecule has 0 radical (unpaired) electrons. The fourth-order valence-electron chi connectivity index (χ4n) is 7.57. The molecule has 0 spiro atoms. The zero-order valence-corrected chi connectivity index (χ0v) is 31.9. The maximum absolute atomic E-state index is 14.5. The Balaban J connectivity index is 1.21. The lowest BCUT2D eigenvalue weighted by molar-refractivity contribution is -0.133. The molecular weight excluding hydrogens is 715 g/mol. The summed E-state index contributed by atoms with van der Waals surface area (Å²) in [5, 5.41) is 13.1. The third-order valence-corrected chi connectivity index (χ3v) is 14.6. The van der Waals surface area contributed by atoms with E-state index in [1.165, 1.54) is 11.3 Å².